The average Bonchev–Trinajstić information content (AvgIpc) is 2.77. The van der Waals surface area contributed by atoms with Crippen molar-refractivity contribution in [2.24, 2.45) is 5.92 Å². The Morgan fingerprint density at radius 2 is 2.21 bits per heavy atom. The zero-order chi connectivity index (χ0) is 14.3. The molecule has 0 bridgehead atoms. The van der Waals surface area contributed by atoms with Crippen LogP contribution in [0.2, 0.25) is 0 Å². The second-order valence-corrected chi connectivity index (χ2v) is 5.30. The average molecular weight is 271 g/mol. The van der Waals surface area contributed by atoms with Gasteiger partial charge in [0.05, 0.1) is 0 Å². The second-order valence-electron chi connectivity index (χ2n) is 5.30. The number of carbonyl (C=O) groups is 2. The van der Waals surface area contributed by atoms with E-state index in [1.807, 2.05) is 6.92 Å². The highest BCUT2D eigenvalue weighted by molar-refractivity contribution is 5.82. The summed E-state index contributed by atoms with van der Waals surface area (Å²) < 4.78 is 0. The molecule has 1 unspecified atom stereocenters. The molecular formula is C13H25N3O3. The Kier molecular flexibility index (Phi) is 6.62. The molecule has 0 aromatic heterocycles. The van der Waals surface area contributed by atoms with Gasteiger partial charge in [0.15, 0.2) is 0 Å². The summed E-state index contributed by atoms with van der Waals surface area (Å²) in [5, 5.41) is 14.3. The van der Waals surface area contributed by atoms with Crippen molar-refractivity contribution in [1.82, 2.24) is 15.5 Å². The Morgan fingerprint density at radius 1 is 1.47 bits per heavy atom. The molecule has 0 radical (unpaired) electrons. The van der Waals surface area contributed by atoms with E-state index in [9.17, 15) is 9.59 Å². The van der Waals surface area contributed by atoms with Crippen LogP contribution < -0.4 is 10.6 Å². The van der Waals surface area contributed by atoms with Gasteiger partial charge in [-0.25, -0.2) is 9.59 Å². The fraction of sp³-hybridized carbons (Fsp3) is 0.846. The van der Waals surface area contributed by atoms with Crippen LogP contribution in [0, 0.1) is 5.92 Å². The quantitative estimate of drug-likeness (QED) is 0.642. The van der Waals surface area contributed by atoms with Gasteiger partial charge in [0.2, 0.25) is 0 Å². The fourth-order valence-corrected chi connectivity index (χ4v) is 2.30. The SMILES string of the molecule is CCCC[C@H](NC(=O)NCC1CCN(C)C1)C(=O)O. The normalized spacial score (nSPS) is 21.1. The van der Waals surface area contributed by atoms with Crippen molar-refractivity contribution >= 4 is 12.0 Å². The Balaban J connectivity index is 2.26. The van der Waals surface area contributed by atoms with Crippen molar-refractivity contribution in [3.63, 3.8) is 0 Å². The molecule has 1 aliphatic rings. The Labute approximate surface area is 114 Å². The lowest BCUT2D eigenvalue weighted by atomic mass is 10.1. The predicted octanol–water partition coefficient (Wildman–Crippen LogP) is 0.881. The number of urea groups is 1. The maximum Gasteiger partial charge on any atom is 0.326 e. The van der Waals surface area contributed by atoms with E-state index in [-0.39, 0.29) is 6.03 Å². The number of carboxylic acid groups (broad SMARTS) is 1. The van der Waals surface area contributed by atoms with Gasteiger partial charge in [0, 0.05) is 13.1 Å². The standard InChI is InChI=1S/C13H25N3O3/c1-3-4-5-11(12(17)18)15-13(19)14-8-10-6-7-16(2)9-10/h10-11H,3-9H2,1-2H3,(H,17,18)(H2,14,15,19)/t10?,11-/m0/s1. The van der Waals surface area contributed by atoms with Crippen LogP contribution in [0.1, 0.15) is 32.6 Å². The number of unbranched alkanes of at least 4 members (excludes halogenated alkanes) is 1. The number of hydrogen-bond donors (Lipinski definition) is 3. The highest BCUT2D eigenvalue weighted by Gasteiger charge is 2.22. The van der Waals surface area contributed by atoms with Gasteiger partial charge in [-0.15, -0.1) is 0 Å². The van der Waals surface area contributed by atoms with Crippen LogP contribution in [0.15, 0.2) is 0 Å². The molecule has 0 aromatic rings. The summed E-state index contributed by atoms with van der Waals surface area (Å²) in [6, 6.07) is -1.16. The number of rotatable bonds is 7. The number of nitrogens with zero attached hydrogens (tertiary/aromatic N) is 1. The number of nitrogens with one attached hydrogen (secondary N) is 2. The van der Waals surface area contributed by atoms with Gasteiger partial charge in [-0.1, -0.05) is 19.8 Å². The van der Waals surface area contributed by atoms with E-state index in [1.54, 1.807) is 0 Å². The minimum Gasteiger partial charge on any atom is -0.480 e. The number of aliphatic carboxylic acids is 1. The summed E-state index contributed by atoms with van der Waals surface area (Å²) in [5.74, 6) is -0.501. The van der Waals surface area contributed by atoms with Crippen molar-refractivity contribution in [3.8, 4) is 0 Å². The molecule has 1 fully saturated rings. The van der Waals surface area contributed by atoms with E-state index in [0.29, 0.717) is 18.9 Å². The van der Waals surface area contributed by atoms with Crippen LogP contribution in [-0.2, 0) is 4.79 Å². The van der Waals surface area contributed by atoms with E-state index in [2.05, 4.69) is 22.6 Å². The molecule has 3 N–H and O–H groups in total. The summed E-state index contributed by atoms with van der Waals surface area (Å²) in [7, 11) is 2.06. The summed E-state index contributed by atoms with van der Waals surface area (Å²) in [4.78, 5) is 24.9. The molecule has 19 heavy (non-hydrogen) atoms. The summed E-state index contributed by atoms with van der Waals surface area (Å²) in [5.41, 5.74) is 0. The summed E-state index contributed by atoms with van der Waals surface area (Å²) in [6.07, 6.45) is 3.27. The molecule has 2 atom stereocenters. The van der Waals surface area contributed by atoms with Crippen LogP contribution in [0.5, 0.6) is 0 Å². The molecule has 0 aromatic carbocycles. The van der Waals surface area contributed by atoms with E-state index in [1.165, 1.54) is 0 Å². The Bertz CT molecular complexity index is 310. The molecule has 1 heterocycles. The molecule has 1 aliphatic heterocycles. The molecule has 0 spiro atoms. The van der Waals surface area contributed by atoms with Gasteiger partial charge < -0.3 is 20.6 Å². The van der Waals surface area contributed by atoms with E-state index in [0.717, 1.165) is 32.4 Å². The third kappa shape index (κ3) is 5.92. The van der Waals surface area contributed by atoms with Crippen molar-refractivity contribution in [2.45, 2.75) is 38.6 Å². The lowest BCUT2D eigenvalue weighted by molar-refractivity contribution is -0.139. The first-order valence-corrected chi connectivity index (χ1v) is 6.98. The van der Waals surface area contributed by atoms with Gasteiger partial charge in [-0.05, 0) is 32.4 Å². The van der Waals surface area contributed by atoms with Crippen molar-refractivity contribution in [3.05, 3.63) is 0 Å². The van der Waals surface area contributed by atoms with Crippen molar-refractivity contribution in [1.29, 1.82) is 0 Å². The molecule has 0 aliphatic carbocycles. The molecule has 6 heteroatoms. The molecule has 110 valence electrons. The first kappa shape index (κ1) is 15.8. The number of carboxylic acids is 1. The zero-order valence-corrected chi connectivity index (χ0v) is 11.8. The van der Waals surface area contributed by atoms with E-state index in [4.69, 9.17) is 5.11 Å². The number of amides is 2. The van der Waals surface area contributed by atoms with Crippen LogP contribution in [-0.4, -0.2) is 54.7 Å². The first-order valence-electron chi connectivity index (χ1n) is 6.98. The van der Waals surface area contributed by atoms with Gasteiger partial charge in [-0.3, -0.25) is 0 Å². The lowest BCUT2D eigenvalue weighted by Crippen LogP contribution is -2.47. The lowest BCUT2D eigenvalue weighted by Gasteiger charge is -2.16. The molecule has 0 saturated carbocycles. The van der Waals surface area contributed by atoms with Crippen molar-refractivity contribution in [2.75, 3.05) is 26.7 Å². The van der Waals surface area contributed by atoms with Crippen LogP contribution >= 0.6 is 0 Å². The number of likely N-dealkylation sites (tertiary alicyclic amines) is 1. The van der Waals surface area contributed by atoms with Crippen molar-refractivity contribution < 1.29 is 14.7 Å². The minimum atomic E-state index is -0.968. The summed E-state index contributed by atoms with van der Waals surface area (Å²) in [6.45, 7) is 4.65. The van der Waals surface area contributed by atoms with Gasteiger partial charge in [0.1, 0.15) is 6.04 Å². The Morgan fingerprint density at radius 3 is 2.74 bits per heavy atom. The minimum absolute atomic E-state index is 0.377. The molecule has 1 saturated heterocycles. The van der Waals surface area contributed by atoms with E-state index < -0.39 is 12.0 Å². The van der Waals surface area contributed by atoms with Gasteiger partial charge >= 0.3 is 12.0 Å². The monoisotopic (exact) mass is 271 g/mol. The third-order valence-electron chi connectivity index (χ3n) is 3.49. The first-order chi connectivity index (χ1) is 9.02. The van der Waals surface area contributed by atoms with Crippen LogP contribution in [0.25, 0.3) is 0 Å². The molecule has 6 nitrogen and oxygen atoms in total. The number of hydrogen-bond acceptors (Lipinski definition) is 3. The van der Waals surface area contributed by atoms with Crippen LogP contribution in [0.4, 0.5) is 4.79 Å². The topological polar surface area (TPSA) is 81.7 Å². The van der Waals surface area contributed by atoms with Crippen LogP contribution in [0.3, 0.4) is 0 Å². The van der Waals surface area contributed by atoms with E-state index >= 15 is 0 Å². The smallest absolute Gasteiger partial charge is 0.326 e. The highest BCUT2D eigenvalue weighted by Crippen LogP contribution is 2.12. The number of carbonyl (C=O) groups excluding carboxylic acids is 1. The highest BCUT2D eigenvalue weighted by atomic mass is 16.4. The molecule has 2 amide bonds. The molecule has 1 rings (SSSR count). The molecular weight excluding hydrogens is 246 g/mol. The predicted molar refractivity (Wildman–Crippen MR) is 73.1 cm³/mol. The Hall–Kier alpha value is -1.30. The second kappa shape index (κ2) is 7.99. The maximum atomic E-state index is 11.7. The summed E-state index contributed by atoms with van der Waals surface area (Å²) >= 11 is 0. The fourth-order valence-electron chi connectivity index (χ4n) is 2.30. The third-order valence-corrected chi connectivity index (χ3v) is 3.49. The zero-order valence-electron chi connectivity index (χ0n) is 11.8. The van der Waals surface area contributed by atoms with Gasteiger partial charge in [0.25, 0.3) is 0 Å². The van der Waals surface area contributed by atoms with Gasteiger partial charge in [-0.2, -0.15) is 0 Å². The maximum absolute atomic E-state index is 11.7. The largest absolute Gasteiger partial charge is 0.480 e.